The highest BCUT2D eigenvalue weighted by atomic mass is 35.5. The first kappa shape index (κ1) is 13.3. The third-order valence-corrected chi connectivity index (χ3v) is 3.33. The van der Waals surface area contributed by atoms with Crippen LogP contribution in [0.5, 0.6) is 0 Å². The first-order chi connectivity index (χ1) is 8.70. The molecular formula is C13H16ClNO3. The monoisotopic (exact) mass is 269 g/mol. The molecule has 5 heteroatoms. The largest absolute Gasteiger partial charge is 0.465 e. The van der Waals surface area contributed by atoms with Crippen LogP contribution < -0.4 is 0 Å². The van der Waals surface area contributed by atoms with E-state index in [0.717, 1.165) is 38.4 Å². The quantitative estimate of drug-likeness (QED) is 0.787. The lowest BCUT2D eigenvalue weighted by molar-refractivity contribution is 0.0341. The number of carbonyl (C=O) groups excluding carboxylic acids is 1. The average Bonchev–Trinajstić information content (AvgIpc) is 2.41. The van der Waals surface area contributed by atoms with Crippen LogP contribution in [0.25, 0.3) is 0 Å². The molecule has 0 atom stereocenters. The molecule has 1 aliphatic rings. The van der Waals surface area contributed by atoms with Gasteiger partial charge in [-0.15, -0.1) is 0 Å². The van der Waals surface area contributed by atoms with E-state index in [4.69, 9.17) is 21.1 Å². The summed E-state index contributed by atoms with van der Waals surface area (Å²) in [6, 6.07) is 5.21. The van der Waals surface area contributed by atoms with Gasteiger partial charge >= 0.3 is 5.97 Å². The second-order valence-corrected chi connectivity index (χ2v) is 4.59. The van der Waals surface area contributed by atoms with Gasteiger partial charge in [-0.2, -0.15) is 0 Å². The Morgan fingerprint density at radius 1 is 1.44 bits per heavy atom. The zero-order valence-electron chi connectivity index (χ0n) is 10.3. The predicted molar refractivity (Wildman–Crippen MR) is 68.9 cm³/mol. The van der Waals surface area contributed by atoms with Crippen LogP contribution in [0.2, 0.25) is 5.02 Å². The van der Waals surface area contributed by atoms with Crippen LogP contribution in [0.3, 0.4) is 0 Å². The number of hydrogen-bond acceptors (Lipinski definition) is 4. The molecule has 2 rings (SSSR count). The Bertz CT molecular complexity index is 430. The summed E-state index contributed by atoms with van der Waals surface area (Å²) in [7, 11) is 1.37. The highest BCUT2D eigenvalue weighted by Crippen LogP contribution is 2.20. The van der Waals surface area contributed by atoms with Gasteiger partial charge < -0.3 is 9.47 Å². The maximum atomic E-state index is 11.5. The van der Waals surface area contributed by atoms with E-state index in [9.17, 15) is 4.79 Å². The number of ether oxygens (including phenoxy) is 2. The molecule has 98 valence electrons. The molecule has 0 radical (unpaired) electrons. The van der Waals surface area contributed by atoms with Gasteiger partial charge in [-0.3, -0.25) is 4.90 Å². The van der Waals surface area contributed by atoms with Crippen molar-refractivity contribution in [1.82, 2.24) is 4.90 Å². The molecule has 0 spiro atoms. The molecular weight excluding hydrogens is 254 g/mol. The summed E-state index contributed by atoms with van der Waals surface area (Å²) >= 11 is 6.15. The third-order valence-electron chi connectivity index (χ3n) is 2.96. The number of benzene rings is 1. The van der Waals surface area contributed by atoms with Crippen molar-refractivity contribution in [1.29, 1.82) is 0 Å². The van der Waals surface area contributed by atoms with Gasteiger partial charge in [-0.05, 0) is 23.8 Å². The van der Waals surface area contributed by atoms with Gasteiger partial charge in [0.05, 0.1) is 25.9 Å². The van der Waals surface area contributed by atoms with E-state index < -0.39 is 0 Å². The summed E-state index contributed by atoms with van der Waals surface area (Å²) in [6.45, 7) is 3.99. The van der Waals surface area contributed by atoms with Gasteiger partial charge in [0.15, 0.2) is 0 Å². The molecule has 1 heterocycles. The molecule has 0 N–H and O–H groups in total. The number of nitrogens with zero attached hydrogens (tertiary/aromatic N) is 1. The number of morpholine rings is 1. The Morgan fingerprint density at radius 2 is 2.17 bits per heavy atom. The van der Waals surface area contributed by atoms with Gasteiger partial charge in [0.1, 0.15) is 0 Å². The fourth-order valence-corrected chi connectivity index (χ4v) is 2.12. The second-order valence-electron chi connectivity index (χ2n) is 4.19. The SMILES string of the molecule is COC(=O)c1ccc(Cl)c(CN2CCOCC2)c1. The van der Waals surface area contributed by atoms with Crippen LogP contribution in [-0.2, 0) is 16.0 Å². The van der Waals surface area contributed by atoms with Gasteiger partial charge in [-0.25, -0.2) is 4.79 Å². The van der Waals surface area contributed by atoms with Crippen molar-refractivity contribution in [3.8, 4) is 0 Å². The molecule has 0 amide bonds. The average molecular weight is 270 g/mol. The lowest BCUT2D eigenvalue weighted by Gasteiger charge is -2.27. The topological polar surface area (TPSA) is 38.8 Å². The first-order valence-electron chi connectivity index (χ1n) is 5.87. The molecule has 1 aliphatic heterocycles. The van der Waals surface area contributed by atoms with Crippen LogP contribution >= 0.6 is 11.6 Å². The molecule has 1 aromatic carbocycles. The summed E-state index contributed by atoms with van der Waals surface area (Å²) < 4.78 is 10.0. The maximum Gasteiger partial charge on any atom is 0.337 e. The van der Waals surface area contributed by atoms with E-state index >= 15 is 0 Å². The first-order valence-corrected chi connectivity index (χ1v) is 6.25. The molecule has 0 bridgehead atoms. The van der Waals surface area contributed by atoms with Crippen molar-refractivity contribution in [2.45, 2.75) is 6.54 Å². The second kappa shape index (κ2) is 6.18. The Morgan fingerprint density at radius 3 is 2.83 bits per heavy atom. The summed E-state index contributed by atoms with van der Waals surface area (Å²) in [4.78, 5) is 13.7. The van der Waals surface area contributed by atoms with E-state index in [1.165, 1.54) is 7.11 Å². The highest BCUT2D eigenvalue weighted by Gasteiger charge is 2.14. The van der Waals surface area contributed by atoms with Crippen molar-refractivity contribution < 1.29 is 14.3 Å². The summed E-state index contributed by atoms with van der Waals surface area (Å²) in [5.41, 5.74) is 1.48. The van der Waals surface area contributed by atoms with E-state index in [0.29, 0.717) is 10.6 Å². The van der Waals surface area contributed by atoms with Gasteiger partial charge in [-0.1, -0.05) is 11.6 Å². The minimum Gasteiger partial charge on any atom is -0.465 e. The lowest BCUT2D eigenvalue weighted by atomic mass is 10.1. The van der Waals surface area contributed by atoms with Crippen molar-refractivity contribution in [3.63, 3.8) is 0 Å². The minimum atomic E-state index is -0.338. The Hall–Kier alpha value is -1.10. The molecule has 0 aromatic heterocycles. The summed E-state index contributed by atoms with van der Waals surface area (Å²) in [5.74, 6) is -0.338. The molecule has 4 nitrogen and oxygen atoms in total. The fraction of sp³-hybridized carbons (Fsp3) is 0.462. The fourth-order valence-electron chi connectivity index (χ4n) is 1.94. The Labute approximate surface area is 111 Å². The number of halogens is 1. The molecule has 1 saturated heterocycles. The van der Waals surface area contributed by atoms with Crippen LogP contribution in [0, 0.1) is 0 Å². The van der Waals surface area contributed by atoms with E-state index in [2.05, 4.69) is 4.90 Å². The Kier molecular flexibility index (Phi) is 4.58. The van der Waals surface area contributed by atoms with Crippen LogP contribution in [-0.4, -0.2) is 44.3 Å². The van der Waals surface area contributed by atoms with E-state index in [-0.39, 0.29) is 5.97 Å². The smallest absolute Gasteiger partial charge is 0.337 e. The van der Waals surface area contributed by atoms with Crippen molar-refractivity contribution in [3.05, 3.63) is 34.3 Å². The van der Waals surface area contributed by atoms with E-state index in [1.54, 1.807) is 18.2 Å². The summed E-state index contributed by atoms with van der Waals surface area (Å²) in [5, 5.41) is 0.675. The lowest BCUT2D eigenvalue weighted by Crippen LogP contribution is -2.35. The van der Waals surface area contributed by atoms with E-state index in [1.807, 2.05) is 0 Å². The molecule has 1 fully saturated rings. The zero-order valence-corrected chi connectivity index (χ0v) is 11.1. The van der Waals surface area contributed by atoms with Gasteiger partial charge in [0.25, 0.3) is 0 Å². The van der Waals surface area contributed by atoms with Crippen molar-refractivity contribution in [2.24, 2.45) is 0 Å². The third kappa shape index (κ3) is 3.22. The minimum absolute atomic E-state index is 0.338. The Balaban J connectivity index is 2.12. The number of methoxy groups -OCH3 is 1. The molecule has 0 saturated carbocycles. The van der Waals surface area contributed by atoms with Crippen LogP contribution in [0.1, 0.15) is 15.9 Å². The molecule has 1 aromatic rings. The number of carbonyl (C=O) groups is 1. The number of hydrogen-bond donors (Lipinski definition) is 0. The zero-order chi connectivity index (χ0) is 13.0. The number of rotatable bonds is 3. The standard InChI is InChI=1S/C13H16ClNO3/c1-17-13(16)10-2-3-12(14)11(8-10)9-15-4-6-18-7-5-15/h2-3,8H,4-7,9H2,1H3. The van der Waals surface area contributed by atoms with Crippen molar-refractivity contribution in [2.75, 3.05) is 33.4 Å². The van der Waals surface area contributed by atoms with Crippen LogP contribution in [0.4, 0.5) is 0 Å². The molecule has 0 unspecified atom stereocenters. The number of esters is 1. The maximum absolute atomic E-state index is 11.5. The molecule has 0 aliphatic carbocycles. The van der Waals surface area contributed by atoms with Gasteiger partial charge in [0, 0.05) is 24.7 Å². The van der Waals surface area contributed by atoms with Gasteiger partial charge in [0.2, 0.25) is 0 Å². The summed E-state index contributed by atoms with van der Waals surface area (Å²) in [6.07, 6.45) is 0. The predicted octanol–water partition coefficient (Wildman–Crippen LogP) is 1.96. The van der Waals surface area contributed by atoms with Crippen molar-refractivity contribution >= 4 is 17.6 Å². The molecule has 18 heavy (non-hydrogen) atoms. The normalized spacial score (nSPS) is 16.6. The highest BCUT2D eigenvalue weighted by molar-refractivity contribution is 6.31. The van der Waals surface area contributed by atoms with Crippen LogP contribution in [0.15, 0.2) is 18.2 Å².